The predicted molar refractivity (Wildman–Crippen MR) is 240 cm³/mol. The van der Waals surface area contributed by atoms with Gasteiger partial charge < -0.3 is 19.9 Å². The first-order valence-electron chi connectivity index (χ1n) is 21.3. The molecule has 11 heteroatoms. The van der Waals surface area contributed by atoms with Crippen LogP contribution in [-0.4, -0.2) is 55.8 Å². The van der Waals surface area contributed by atoms with Gasteiger partial charge >= 0.3 is 17.7 Å². The molecule has 324 valence electrons. The Bertz CT molecular complexity index is 2340. The highest BCUT2D eigenvalue weighted by atomic mass is 16.5. The van der Waals surface area contributed by atoms with Crippen LogP contribution in [0, 0.1) is 27.7 Å². The molecule has 6 rings (SSSR count). The first-order valence-corrected chi connectivity index (χ1v) is 21.3. The summed E-state index contributed by atoms with van der Waals surface area (Å²) < 4.78 is 14.5. The average molecular weight is 831 g/mol. The number of carbonyl (C=O) groups excluding carboxylic acids is 2. The van der Waals surface area contributed by atoms with Crippen molar-refractivity contribution in [1.29, 1.82) is 0 Å². The number of carbonyl (C=O) groups is 3. The number of ether oxygens (including phenoxy) is 2. The standard InChI is InChI=1S/C28H36N2O4.C22H26N2O3/c1-6-16-30-24(19-29(27(30)33)18-23-11-10-20(2)21(3)17-23)9-7-8-22-12-14-25(15-13-22)34-28(4,5)26(31)32;1-15-7-8-18(13-16(15)2)14-24-21(25)20(23-22(24)26)6-4-5-17-9-11-19(27-3)12-10-17/h10-15,17,19H,6-9,16,18H2,1-5H3,(H,31,32);7-13,20H,4-6,14H2,1-3H3,(H,23,26). The average Bonchev–Trinajstić information content (AvgIpc) is 3.67. The number of carboxylic acid groups (broad SMARTS) is 1. The van der Waals surface area contributed by atoms with E-state index in [4.69, 9.17) is 9.47 Å². The van der Waals surface area contributed by atoms with Crippen LogP contribution in [0.5, 0.6) is 11.5 Å². The molecule has 0 saturated carbocycles. The zero-order chi connectivity index (χ0) is 44.3. The van der Waals surface area contributed by atoms with Gasteiger partial charge in [-0.1, -0.05) is 67.6 Å². The lowest BCUT2D eigenvalue weighted by atomic mass is 10.0. The summed E-state index contributed by atoms with van der Waals surface area (Å²) in [6.45, 7) is 15.1. The van der Waals surface area contributed by atoms with E-state index < -0.39 is 17.6 Å². The molecule has 0 aliphatic carbocycles. The van der Waals surface area contributed by atoms with Gasteiger partial charge in [0, 0.05) is 18.4 Å². The van der Waals surface area contributed by atoms with Gasteiger partial charge in [-0.3, -0.25) is 18.8 Å². The van der Waals surface area contributed by atoms with Crippen LogP contribution in [0.25, 0.3) is 0 Å². The highest BCUT2D eigenvalue weighted by Gasteiger charge is 2.37. The van der Waals surface area contributed by atoms with Crippen LogP contribution in [-0.2, 0) is 48.5 Å². The fourth-order valence-electron chi connectivity index (χ4n) is 7.30. The van der Waals surface area contributed by atoms with E-state index in [2.05, 4.69) is 44.3 Å². The number of carboxylic acids is 1. The van der Waals surface area contributed by atoms with Gasteiger partial charge in [0.05, 0.1) is 20.2 Å². The minimum absolute atomic E-state index is 0.0534. The zero-order valence-electron chi connectivity index (χ0n) is 37.0. The number of nitrogens with zero attached hydrogens (tertiary/aromatic N) is 3. The van der Waals surface area contributed by atoms with Crippen molar-refractivity contribution in [3.8, 4) is 11.5 Å². The SMILES string of the molecule is CCCn1c(CCCc2ccc(OC(C)(C)C(=O)O)cc2)cn(Cc2ccc(C)c(C)c2)c1=O.COc1ccc(CCCC2NC(=O)N(Cc3ccc(C)c(C)c3)C2=O)cc1. The normalized spacial score (nSPS) is 13.8. The number of nitrogens with one attached hydrogen (secondary N) is 1. The van der Waals surface area contributed by atoms with Crippen LogP contribution in [0.3, 0.4) is 0 Å². The predicted octanol–water partition coefficient (Wildman–Crippen LogP) is 8.90. The van der Waals surface area contributed by atoms with Crippen LogP contribution in [0.15, 0.2) is 95.9 Å². The molecule has 0 spiro atoms. The maximum absolute atomic E-state index is 13.0. The second-order valence-corrected chi connectivity index (χ2v) is 16.6. The van der Waals surface area contributed by atoms with E-state index in [1.807, 2.05) is 95.9 Å². The van der Waals surface area contributed by atoms with Crippen LogP contribution in [0.2, 0.25) is 0 Å². The molecule has 11 nitrogen and oxygen atoms in total. The summed E-state index contributed by atoms with van der Waals surface area (Å²) in [5.41, 5.74) is 9.17. The Morgan fingerprint density at radius 1 is 0.721 bits per heavy atom. The Hall–Kier alpha value is -6.10. The summed E-state index contributed by atoms with van der Waals surface area (Å²) in [6.07, 6.45) is 7.86. The van der Waals surface area contributed by atoms with E-state index in [0.717, 1.165) is 78.8 Å². The molecule has 1 aromatic heterocycles. The van der Waals surface area contributed by atoms with Crippen LogP contribution >= 0.6 is 0 Å². The minimum Gasteiger partial charge on any atom is -0.497 e. The largest absolute Gasteiger partial charge is 0.497 e. The van der Waals surface area contributed by atoms with Gasteiger partial charge in [0.15, 0.2) is 5.60 Å². The molecule has 1 fully saturated rings. The van der Waals surface area contributed by atoms with Crippen molar-refractivity contribution in [3.63, 3.8) is 0 Å². The second kappa shape index (κ2) is 20.9. The maximum Gasteiger partial charge on any atom is 0.347 e. The summed E-state index contributed by atoms with van der Waals surface area (Å²) in [5, 5.41) is 12.0. The van der Waals surface area contributed by atoms with Crippen molar-refractivity contribution in [2.75, 3.05) is 7.11 Å². The van der Waals surface area contributed by atoms with Crippen LogP contribution in [0.1, 0.15) is 96.7 Å². The first-order chi connectivity index (χ1) is 29.1. The van der Waals surface area contributed by atoms with Crippen molar-refractivity contribution in [1.82, 2.24) is 19.4 Å². The number of hydrogen-bond donors (Lipinski definition) is 2. The molecule has 2 heterocycles. The van der Waals surface area contributed by atoms with E-state index in [0.29, 0.717) is 25.3 Å². The molecule has 2 N–H and O–H groups in total. The first kappa shape index (κ1) is 46.0. The van der Waals surface area contributed by atoms with Gasteiger partial charge in [-0.15, -0.1) is 0 Å². The number of aryl methyl sites for hydroxylation is 7. The lowest BCUT2D eigenvalue weighted by molar-refractivity contribution is -0.152. The molecule has 1 saturated heterocycles. The number of methoxy groups -OCH3 is 1. The van der Waals surface area contributed by atoms with Gasteiger partial charge in [-0.05, 0) is 155 Å². The highest BCUT2D eigenvalue weighted by Crippen LogP contribution is 2.22. The van der Waals surface area contributed by atoms with Gasteiger partial charge in [0.2, 0.25) is 0 Å². The molecule has 0 radical (unpaired) electrons. The summed E-state index contributed by atoms with van der Waals surface area (Å²) in [7, 11) is 1.65. The number of urea groups is 1. The van der Waals surface area contributed by atoms with Gasteiger partial charge in [-0.2, -0.15) is 0 Å². The minimum atomic E-state index is -1.27. The third-order valence-corrected chi connectivity index (χ3v) is 11.3. The van der Waals surface area contributed by atoms with E-state index in [1.54, 1.807) is 7.11 Å². The molecule has 3 amide bonds. The third kappa shape index (κ3) is 12.5. The topological polar surface area (TPSA) is 132 Å². The van der Waals surface area contributed by atoms with E-state index in [1.165, 1.54) is 41.0 Å². The fraction of sp³-hybridized carbons (Fsp3) is 0.400. The lowest BCUT2D eigenvalue weighted by Gasteiger charge is -2.21. The number of hydrogen-bond acceptors (Lipinski definition) is 6. The molecule has 1 aliphatic rings. The Labute approximate surface area is 360 Å². The molecule has 0 bridgehead atoms. The number of rotatable bonds is 18. The Balaban J connectivity index is 0.000000237. The molecular formula is C50H62N4O7. The number of imidazole rings is 1. The number of aromatic nitrogens is 2. The molecule has 1 unspecified atom stereocenters. The second-order valence-electron chi connectivity index (χ2n) is 16.6. The third-order valence-electron chi connectivity index (χ3n) is 11.3. The Morgan fingerprint density at radius 2 is 1.26 bits per heavy atom. The van der Waals surface area contributed by atoms with E-state index >= 15 is 0 Å². The Kier molecular flexibility index (Phi) is 15.8. The highest BCUT2D eigenvalue weighted by molar-refractivity contribution is 6.04. The van der Waals surface area contributed by atoms with Crippen molar-refractivity contribution in [2.45, 2.75) is 125 Å². The summed E-state index contributed by atoms with van der Waals surface area (Å²) in [6, 6.07) is 27.1. The summed E-state index contributed by atoms with van der Waals surface area (Å²) >= 11 is 0. The van der Waals surface area contributed by atoms with E-state index in [9.17, 15) is 24.3 Å². The number of amides is 3. The van der Waals surface area contributed by atoms with Crippen molar-refractivity contribution in [2.24, 2.45) is 0 Å². The molecule has 5 aromatic rings. The van der Waals surface area contributed by atoms with Gasteiger partial charge in [-0.25, -0.2) is 14.4 Å². The van der Waals surface area contributed by atoms with Crippen LogP contribution in [0.4, 0.5) is 4.79 Å². The summed E-state index contributed by atoms with van der Waals surface area (Å²) in [5.74, 6) is 0.238. The van der Waals surface area contributed by atoms with Crippen LogP contribution < -0.4 is 20.5 Å². The lowest BCUT2D eigenvalue weighted by Crippen LogP contribution is -2.37. The summed E-state index contributed by atoms with van der Waals surface area (Å²) in [4.78, 5) is 50.5. The van der Waals surface area contributed by atoms with Crippen molar-refractivity contribution in [3.05, 3.63) is 152 Å². The molecule has 1 atom stereocenters. The zero-order valence-corrected chi connectivity index (χ0v) is 37.0. The smallest absolute Gasteiger partial charge is 0.347 e. The monoisotopic (exact) mass is 830 g/mol. The van der Waals surface area contributed by atoms with E-state index in [-0.39, 0.29) is 17.6 Å². The maximum atomic E-state index is 13.0. The molecule has 4 aromatic carbocycles. The van der Waals surface area contributed by atoms with Crippen molar-refractivity contribution >= 4 is 17.9 Å². The number of imide groups is 1. The number of benzene rings is 4. The Morgan fingerprint density at radius 3 is 1.80 bits per heavy atom. The quantitative estimate of drug-likeness (QED) is 0.0844. The van der Waals surface area contributed by atoms with Gasteiger partial charge in [0.1, 0.15) is 17.5 Å². The molecule has 61 heavy (non-hydrogen) atoms. The van der Waals surface area contributed by atoms with Gasteiger partial charge in [0.25, 0.3) is 5.91 Å². The van der Waals surface area contributed by atoms with Crippen molar-refractivity contribution < 1.29 is 29.0 Å². The fourth-order valence-corrected chi connectivity index (χ4v) is 7.30. The molecule has 1 aliphatic heterocycles. The number of aliphatic carboxylic acids is 1. The molecular weight excluding hydrogens is 769 g/mol.